The Morgan fingerprint density at radius 1 is 1.19 bits per heavy atom. The topological polar surface area (TPSA) is 81.0 Å². The Hall–Kier alpha value is -3.26. The average molecular weight is 485 g/mol. The standard InChI is InChI=1S/C23H21BrN2O5/c1-14-4-3-5-17(12-14)29-11-10-26-18-13-16(6-7-19(18)30-15(2)23(26)28)25-22(27)20-8-9-21(24)31-20/h3-9,12-13,15H,10-11H2,1-2H3,(H,25,27). The lowest BCUT2D eigenvalue weighted by molar-refractivity contribution is -0.125. The van der Waals surface area contributed by atoms with Gasteiger partial charge in [0.15, 0.2) is 16.5 Å². The third kappa shape index (κ3) is 4.74. The molecule has 0 spiro atoms. The number of anilines is 2. The van der Waals surface area contributed by atoms with Gasteiger partial charge in [-0.25, -0.2) is 0 Å². The van der Waals surface area contributed by atoms with Gasteiger partial charge >= 0.3 is 0 Å². The molecule has 31 heavy (non-hydrogen) atoms. The summed E-state index contributed by atoms with van der Waals surface area (Å²) in [5, 5.41) is 2.78. The molecular weight excluding hydrogens is 464 g/mol. The predicted molar refractivity (Wildman–Crippen MR) is 120 cm³/mol. The second kappa shape index (κ2) is 8.85. The summed E-state index contributed by atoms with van der Waals surface area (Å²) >= 11 is 3.18. The maximum absolute atomic E-state index is 12.8. The zero-order valence-electron chi connectivity index (χ0n) is 17.1. The number of amides is 2. The van der Waals surface area contributed by atoms with Crippen LogP contribution in [0.5, 0.6) is 11.5 Å². The van der Waals surface area contributed by atoms with Crippen molar-refractivity contribution in [2.75, 3.05) is 23.4 Å². The van der Waals surface area contributed by atoms with Gasteiger partial charge in [-0.05, 0) is 77.8 Å². The minimum absolute atomic E-state index is 0.168. The second-order valence-electron chi connectivity index (χ2n) is 7.16. The smallest absolute Gasteiger partial charge is 0.291 e. The van der Waals surface area contributed by atoms with E-state index in [1.807, 2.05) is 31.2 Å². The van der Waals surface area contributed by atoms with E-state index in [0.29, 0.717) is 34.9 Å². The number of nitrogens with one attached hydrogen (secondary N) is 1. The Balaban J connectivity index is 1.51. The van der Waals surface area contributed by atoms with Crippen LogP contribution in [-0.4, -0.2) is 31.1 Å². The normalized spacial score (nSPS) is 15.3. The van der Waals surface area contributed by atoms with Crippen molar-refractivity contribution >= 4 is 39.1 Å². The molecule has 1 unspecified atom stereocenters. The molecule has 3 aromatic rings. The van der Waals surface area contributed by atoms with Gasteiger partial charge in [0.05, 0.1) is 12.2 Å². The number of benzene rings is 2. The van der Waals surface area contributed by atoms with Gasteiger partial charge in [-0.2, -0.15) is 0 Å². The molecule has 0 saturated carbocycles. The van der Waals surface area contributed by atoms with Crippen molar-refractivity contribution < 1.29 is 23.5 Å². The third-order valence-corrected chi connectivity index (χ3v) is 5.22. The van der Waals surface area contributed by atoms with Crippen LogP contribution in [0.2, 0.25) is 0 Å². The number of halogens is 1. The van der Waals surface area contributed by atoms with Crippen molar-refractivity contribution in [3.8, 4) is 11.5 Å². The molecule has 2 aromatic carbocycles. The molecule has 160 valence electrons. The first kappa shape index (κ1) is 21.0. The Bertz CT molecular complexity index is 1130. The molecule has 2 heterocycles. The molecule has 1 aliphatic heterocycles. The lowest BCUT2D eigenvalue weighted by Crippen LogP contribution is -2.46. The van der Waals surface area contributed by atoms with E-state index in [-0.39, 0.29) is 11.7 Å². The van der Waals surface area contributed by atoms with Gasteiger partial charge in [0, 0.05) is 5.69 Å². The first-order valence-corrected chi connectivity index (χ1v) is 10.6. The number of rotatable bonds is 6. The lowest BCUT2D eigenvalue weighted by atomic mass is 10.1. The molecule has 0 aliphatic carbocycles. The monoisotopic (exact) mass is 484 g/mol. The molecule has 2 amide bonds. The fourth-order valence-electron chi connectivity index (χ4n) is 3.30. The number of furan rings is 1. The number of hydrogen-bond donors (Lipinski definition) is 1. The van der Waals surface area contributed by atoms with Crippen LogP contribution in [-0.2, 0) is 4.79 Å². The molecule has 4 rings (SSSR count). The molecule has 0 fully saturated rings. The van der Waals surface area contributed by atoms with Gasteiger partial charge in [0.1, 0.15) is 18.1 Å². The second-order valence-corrected chi connectivity index (χ2v) is 7.94. The summed E-state index contributed by atoms with van der Waals surface area (Å²) in [4.78, 5) is 26.8. The largest absolute Gasteiger partial charge is 0.492 e. The minimum atomic E-state index is -0.604. The van der Waals surface area contributed by atoms with Gasteiger partial charge in [-0.1, -0.05) is 12.1 Å². The zero-order valence-corrected chi connectivity index (χ0v) is 18.6. The van der Waals surface area contributed by atoms with Crippen LogP contribution in [0.4, 0.5) is 11.4 Å². The van der Waals surface area contributed by atoms with Crippen molar-refractivity contribution in [3.05, 3.63) is 70.6 Å². The number of ether oxygens (including phenoxy) is 2. The van der Waals surface area contributed by atoms with Crippen molar-refractivity contribution in [1.29, 1.82) is 0 Å². The molecular formula is C23H21BrN2O5. The highest BCUT2D eigenvalue weighted by molar-refractivity contribution is 9.10. The van der Waals surface area contributed by atoms with Crippen LogP contribution in [0, 0.1) is 6.92 Å². The number of hydrogen-bond acceptors (Lipinski definition) is 5. The summed E-state index contributed by atoms with van der Waals surface area (Å²) < 4.78 is 17.3. The predicted octanol–water partition coefficient (Wildman–Crippen LogP) is 4.80. The number of nitrogens with zero attached hydrogens (tertiary/aromatic N) is 1. The molecule has 8 heteroatoms. The summed E-state index contributed by atoms with van der Waals surface area (Å²) in [7, 11) is 0. The van der Waals surface area contributed by atoms with Crippen molar-refractivity contribution in [1.82, 2.24) is 0 Å². The molecule has 1 aliphatic rings. The van der Waals surface area contributed by atoms with E-state index in [4.69, 9.17) is 13.9 Å². The third-order valence-electron chi connectivity index (χ3n) is 4.80. The average Bonchev–Trinajstić information content (AvgIpc) is 3.18. The Morgan fingerprint density at radius 2 is 2.03 bits per heavy atom. The quantitative estimate of drug-likeness (QED) is 0.543. The first-order chi connectivity index (χ1) is 14.9. The highest BCUT2D eigenvalue weighted by atomic mass is 79.9. The van der Waals surface area contributed by atoms with E-state index in [9.17, 15) is 9.59 Å². The molecule has 0 radical (unpaired) electrons. The number of carbonyl (C=O) groups is 2. The van der Waals surface area contributed by atoms with Crippen molar-refractivity contribution in [2.45, 2.75) is 20.0 Å². The van der Waals surface area contributed by atoms with Gasteiger partial charge in [0.2, 0.25) is 0 Å². The van der Waals surface area contributed by atoms with Gasteiger partial charge < -0.3 is 24.1 Å². The van der Waals surface area contributed by atoms with E-state index in [1.165, 1.54) is 0 Å². The molecule has 1 atom stereocenters. The number of aryl methyl sites for hydroxylation is 1. The lowest BCUT2D eigenvalue weighted by Gasteiger charge is -2.33. The van der Waals surface area contributed by atoms with Crippen LogP contribution in [0.1, 0.15) is 23.0 Å². The molecule has 7 nitrogen and oxygen atoms in total. The number of carbonyl (C=O) groups excluding carboxylic acids is 2. The van der Waals surface area contributed by atoms with E-state index < -0.39 is 12.0 Å². The van der Waals surface area contributed by atoms with Crippen LogP contribution < -0.4 is 19.7 Å². The van der Waals surface area contributed by atoms with Crippen LogP contribution >= 0.6 is 15.9 Å². The Morgan fingerprint density at radius 3 is 2.77 bits per heavy atom. The highest BCUT2D eigenvalue weighted by Gasteiger charge is 2.31. The van der Waals surface area contributed by atoms with Gasteiger partial charge in [-0.3, -0.25) is 9.59 Å². The summed E-state index contributed by atoms with van der Waals surface area (Å²) in [6.07, 6.45) is -0.604. The van der Waals surface area contributed by atoms with Crippen LogP contribution in [0.15, 0.2) is 63.7 Å². The minimum Gasteiger partial charge on any atom is -0.492 e. The summed E-state index contributed by atoms with van der Waals surface area (Å²) in [5.41, 5.74) is 2.20. The summed E-state index contributed by atoms with van der Waals surface area (Å²) in [6.45, 7) is 4.37. The SMILES string of the molecule is Cc1cccc(OCCN2C(=O)C(C)Oc3ccc(NC(=O)c4ccc(Br)o4)cc32)c1. The first-order valence-electron chi connectivity index (χ1n) is 9.79. The van der Waals surface area contributed by atoms with Crippen LogP contribution in [0.25, 0.3) is 0 Å². The maximum Gasteiger partial charge on any atom is 0.291 e. The van der Waals surface area contributed by atoms with Crippen molar-refractivity contribution in [2.24, 2.45) is 0 Å². The fourth-order valence-corrected chi connectivity index (χ4v) is 3.61. The Labute approximate surface area is 188 Å². The molecule has 0 saturated heterocycles. The Kier molecular flexibility index (Phi) is 5.99. The van der Waals surface area contributed by atoms with Gasteiger partial charge in [-0.15, -0.1) is 0 Å². The van der Waals surface area contributed by atoms with E-state index in [1.54, 1.807) is 42.2 Å². The zero-order chi connectivity index (χ0) is 22.0. The van der Waals surface area contributed by atoms with E-state index in [2.05, 4.69) is 21.2 Å². The molecule has 0 bridgehead atoms. The fraction of sp³-hybridized carbons (Fsp3) is 0.217. The number of fused-ring (bicyclic) bond motifs is 1. The van der Waals surface area contributed by atoms with E-state index in [0.717, 1.165) is 11.3 Å². The molecule has 1 aromatic heterocycles. The summed E-state index contributed by atoms with van der Waals surface area (Å²) in [6, 6.07) is 16.1. The molecule has 1 N–H and O–H groups in total. The van der Waals surface area contributed by atoms with Crippen LogP contribution in [0.3, 0.4) is 0 Å². The van der Waals surface area contributed by atoms with Gasteiger partial charge in [0.25, 0.3) is 11.8 Å². The van der Waals surface area contributed by atoms with Crippen molar-refractivity contribution in [3.63, 3.8) is 0 Å². The highest BCUT2D eigenvalue weighted by Crippen LogP contribution is 2.36. The maximum atomic E-state index is 12.8. The summed E-state index contributed by atoms with van der Waals surface area (Å²) in [5.74, 6) is 0.935. The van der Waals surface area contributed by atoms with E-state index >= 15 is 0 Å².